The quantitative estimate of drug-likeness (QED) is 0.0393. The number of amides is 14. The summed E-state index contributed by atoms with van der Waals surface area (Å²) in [6.07, 6.45) is 1.36. The number of nitrogens with two attached hydrogens (primary N) is 1. The Bertz CT molecular complexity index is 2810. The molecule has 1 heterocycles. The Hall–Kier alpha value is -7.99. The second kappa shape index (κ2) is 43.0. The minimum Gasteiger partial charge on any atom is -0.480 e. The van der Waals surface area contributed by atoms with E-state index in [2.05, 4.69) is 69.1 Å². The lowest BCUT2D eigenvalue weighted by Gasteiger charge is -2.31. The van der Waals surface area contributed by atoms with E-state index in [-0.39, 0.29) is 87.0 Å². The number of aliphatic carboxylic acids is 1. The fraction of sp³-hybridized carbons (Fsp3) is 0.783. The van der Waals surface area contributed by atoms with Crippen molar-refractivity contribution in [2.24, 2.45) is 53.1 Å². The fourth-order valence-corrected chi connectivity index (χ4v) is 10.9. The first-order valence-corrected chi connectivity index (χ1v) is 35.4. The normalized spacial score (nSPS) is 17.4. The van der Waals surface area contributed by atoms with E-state index >= 15 is 0 Å². The van der Waals surface area contributed by atoms with Gasteiger partial charge >= 0.3 is 5.97 Å². The van der Waals surface area contributed by atoms with Crippen molar-refractivity contribution in [1.82, 2.24) is 74.0 Å². The number of carboxylic acid groups (broad SMARTS) is 1. The highest BCUT2D eigenvalue weighted by molar-refractivity contribution is 6.00. The summed E-state index contributed by atoms with van der Waals surface area (Å²) in [6, 6.07) is -17.4. The van der Waals surface area contributed by atoms with Crippen LogP contribution in [0, 0.1) is 47.3 Å². The number of rotatable bonds is 42. The molecule has 0 bridgehead atoms. The van der Waals surface area contributed by atoms with E-state index in [0.29, 0.717) is 6.42 Å². The smallest absolute Gasteiger partial charge is 0.325 e. The SMILES string of the molecule is CC(C)C[C@H](NC(=O)[C@H](C)NC(=O)[C@H](CC(C)C)NC(=O)[C@H](CC(C)C)NC(=O)[C@@H](NC(=O)[C@H](C)NC(=O)[C@@H]1CCCN1C(=O)[C@H](CC(C)C)NC(=O)[C@H](CC(C)C)NC(=O)[C@H](C)NC(=O)[C@@H](NC(=O)[C@H](C)NC(=O)[C@H](C)N)C(C)C)C(C)C)C(=O)N[C@@H](CC(C)C)C(=O)N[C@@H](C)C(=O)O. The van der Waals surface area contributed by atoms with E-state index in [4.69, 9.17) is 5.73 Å². The zero-order chi connectivity index (χ0) is 77.1. The number of carbonyl (C=O) groups excluding carboxylic acids is 14. The van der Waals surface area contributed by atoms with E-state index in [1.165, 1.54) is 46.4 Å². The van der Waals surface area contributed by atoms with Crippen molar-refractivity contribution >= 4 is 88.7 Å². The predicted octanol–water partition coefficient (Wildman–Crippen LogP) is 0.400. The molecule has 1 aliphatic heterocycles. The second-order valence-electron chi connectivity index (χ2n) is 30.1. The van der Waals surface area contributed by atoms with E-state index < -0.39 is 191 Å². The number of nitrogens with zero attached hydrogens (tertiary/aromatic N) is 1. The van der Waals surface area contributed by atoms with Crippen LogP contribution in [0.25, 0.3) is 0 Å². The second-order valence-corrected chi connectivity index (χ2v) is 30.1. The van der Waals surface area contributed by atoms with Crippen LogP contribution in [0.2, 0.25) is 0 Å². The first-order chi connectivity index (χ1) is 46.2. The van der Waals surface area contributed by atoms with Crippen LogP contribution in [0.3, 0.4) is 0 Å². The van der Waals surface area contributed by atoms with Crippen LogP contribution in [0.1, 0.15) is 204 Å². The molecule has 0 saturated carbocycles. The maximum atomic E-state index is 14.6. The third kappa shape index (κ3) is 31.7. The molecule has 0 spiro atoms. The highest BCUT2D eigenvalue weighted by atomic mass is 16.4. The molecule has 0 aliphatic carbocycles. The molecule has 0 aromatic carbocycles. The van der Waals surface area contributed by atoms with Crippen molar-refractivity contribution in [1.29, 1.82) is 0 Å². The highest BCUT2D eigenvalue weighted by Gasteiger charge is 2.41. The number of nitrogens with one attached hydrogen (secondary N) is 13. The number of likely N-dealkylation sites (tertiary alicyclic amines) is 1. The molecule has 1 saturated heterocycles. The summed E-state index contributed by atoms with van der Waals surface area (Å²) >= 11 is 0. The molecule has 1 aliphatic rings. The van der Waals surface area contributed by atoms with Crippen LogP contribution in [-0.2, 0) is 71.9 Å². The maximum absolute atomic E-state index is 14.6. The van der Waals surface area contributed by atoms with Gasteiger partial charge in [0, 0.05) is 6.54 Å². The third-order valence-corrected chi connectivity index (χ3v) is 16.5. The summed E-state index contributed by atoms with van der Waals surface area (Å²) in [4.78, 5) is 205. The van der Waals surface area contributed by atoms with Crippen molar-refractivity contribution in [3.63, 3.8) is 0 Å². The third-order valence-electron chi connectivity index (χ3n) is 16.5. The molecule has 0 aromatic rings. The monoisotopic (exact) mass is 1420 g/mol. The Kier molecular flexibility index (Phi) is 38.7. The molecule has 31 nitrogen and oxygen atoms in total. The zero-order valence-electron chi connectivity index (χ0n) is 63.2. The molecule has 1 fully saturated rings. The number of carbonyl (C=O) groups is 15. The van der Waals surface area contributed by atoms with Crippen LogP contribution in [0.4, 0.5) is 0 Å². The molecule has 16 N–H and O–H groups in total. The molecule has 570 valence electrons. The van der Waals surface area contributed by atoms with Gasteiger partial charge in [0.05, 0.1) is 6.04 Å². The minimum absolute atomic E-state index is 0.0902. The van der Waals surface area contributed by atoms with E-state index in [1.54, 1.807) is 27.7 Å². The Labute approximate surface area is 591 Å². The Morgan fingerprint density at radius 2 is 0.570 bits per heavy atom. The van der Waals surface area contributed by atoms with Crippen molar-refractivity contribution in [3.8, 4) is 0 Å². The number of carboxylic acids is 1. The number of hydrogen-bond acceptors (Lipinski definition) is 16. The van der Waals surface area contributed by atoms with Gasteiger partial charge in [-0.1, -0.05) is 111 Å². The van der Waals surface area contributed by atoms with Crippen LogP contribution in [-0.4, -0.2) is 196 Å². The molecule has 0 unspecified atom stereocenters. The van der Waals surface area contributed by atoms with Gasteiger partial charge in [0.15, 0.2) is 0 Å². The van der Waals surface area contributed by atoms with Crippen molar-refractivity contribution in [2.75, 3.05) is 6.54 Å². The topological polar surface area (TPSA) is 462 Å². The highest BCUT2D eigenvalue weighted by Crippen LogP contribution is 2.22. The van der Waals surface area contributed by atoms with Gasteiger partial charge in [-0.05, 0) is 140 Å². The lowest BCUT2D eigenvalue weighted by atomic mass is 9.98. The molecule has 100 heavy (non-hydrogen) atoms. The molecule has 31 heteroatoms. The Morgan fingerprint density at radius 1 is 0.320 bits per heavy atom. The number of hydrogen-bond donors (Lipinski definition) is 15. The summed E-state index contributed by atoms with van der Waals surface area (Å²) < 4.78 is 0. The zero-order valence-corrected chi connectivity index (χ0v) is 63.2. The molecular weight excluding hydrogens is 1290 g/mol. The summed E-state index contributed by atoms with van der Waals surface area (Å²) in [6.45, 7) is 37.1. The summed E-state index contributed by atoms with van der Waals surface area (Å²) in [7, 11) is 0. The van der Waals surface area contributed by atoms with Crippen LogP contribution < -0.4 is 74.9 Å². The lowest BCUT2D eigenvalue weighted by Crippen LogP contribution is -2.61. The molecular formula is C69H123N15O16. The van der Waals surface area contributed by atoms with Gasteiger partial charge in [0.25, 0.3) is 0 Å². The van der Waals surface area contributed by atoms with Crippen LogP contribution >= 0.6 is 0 Å². The molecule has 0 radical (unpaired) electrons. The van der Waals surface area contributed by atoms with E-state index in [1.807, 2.05) is 83.1 Å². The Balaban J connectivity index is 3.29. The maximum Gasteiger partial charge on any atom is 0.325 e. The molecule has 14 amide bonds. The first-order valence-electron chi connectivity index (χ1n) is 35.4. The van der Waals surface area contributed by atoms with E-state index in [9.17, 15) is 77.0 Å². The lowest BCUT2D eigenvalue weighted by molar-refractivity contribution is -0.143. The summed E-state index contributed by atoms with van der Waals surface area (Å²) in [5.41, 5.74) is 5.61. The van der Waals surface area contributed by atoms with Gasteiger partial charge in [-0.25, -0.2) is 0 Å². The van der Waals surface area contributed by atoms with Crippen LogP contribution in [0.5, 0.6) is 0 Å². The Morgan fingerprint density at radius 3 is 0.890 bits per heavy atom. The predicted molar refractivity (Wildman–Crippen MR) is 376 cm³/mol. The molecule has 15 atom stereocenters. The standard InChI is InChI=1S/C69H123N15O16/c1-32(2)26-46(60(90)72-41(18)56(86)76-48(28-34(5)6)62(92)79-47(27-33(3)4)61(91)75-45(22)69(99)100)78-63(93)50(30-36(9)10)80-67(97)54(39(15)16)83-59(89)44(21)73-65(95)52-24-23-25-84(52)68(98)51(31-37(11)12)81-64(94)49(29-35(7)8)77-57(87)42(19)74-66(96)53(38(13)14)82-58(88)43(20)71-55(85)40(17)70/h32-54H,23-31,70H2,1-22H3,(H,71,85)(H,72,90)(H,73,95)(H,74,96)(H,75,91)(H,76,86)(H,77,87)(H,78,93)(H,79,92)(H,80,97)(H,81,94)(H,82,88)(H,83,89)(H,99,100)/t40-,41-,42-,43-,44-,45-,46-,47-,48-,49-,50-,51-,52-,53-,54-/m0/s1. The average Bonchev–Trinajstić information content (AvgIpc) is 1.62. The molecule has 1 rings (SSSR count). The van der Waals surface area contributed by atoms with Gasteiger partial charge in [0.1, 0.15) is 84.6 Å². The minimum atomic E-state index is -1.27. The van der Waals surface area contributed by atoms with Crippen LogP contribution in [0.15, 0.2) is 0 Å². The fourth-order valence-electron chi connectivity index (χ4n) is 10.9. The molecule has 0 aromatic heterocycles. The largest absolute Gasteiger partial charge is 0.480 e. The summed E-state index contributed by atoms with van der Waals surface area (Å²) in [5, 5.41) is 43.7. The van der Waals surface area contributed by atoms with Crippen molar-refractivity contribution in [3.05, 3.63) is 0 Å². The van der Waals surface area contributed by atoms with Gasteiger partial charge in [-0.15, -0.1) is 0 Å². The van der Waals surface area contributed by atoms with Gasteiger partial charge in [0.2, 0.25) is 82.7 Å². The van der Waals surface area contributed by atoms with Crippen molar-refractivity contribution < 1.29 is 77.0 Å². The van der Waals surface area contributed by atoms with E-state index in [0.717, 1.165) is 0 Å². The van der Waals surface area contributed by atoms with Gasteiger partial charge < -0.3 is 84.9 Å². The first kappa shape index (κ1) is 90.0. The van der Waals surface area contributed by atoms with Gasteiger partial charge in [-0.2, -0.15) is 0 Å². The average molecular weight is 1420 g/mol. The van der Waals surface area contributed by atoms with Crippen molar-refractivity contribution in [2.45, 2.75) is 294 Å². The summed E-state index contributed by atoms with van der Waals surface area (Å²) in [5.74, 6) is -12.9. The van der Waals surface area contributed by atoms with Gasteiger partial charge in [-0.3, -0.25) is 71.9 Å².